The molecule has 0 saturated heterocycles. The van der Waals surface area contributed by atoms with Crippen LogP contribution >= 0.6 is 0 Å². The molecule has 0 spiro atoms. The van der Waals surface area contributed by atoms with Crippen molar-refractivity contribution in [3.63, 3.8) is 0 Å². The van der Waals surface area contributed by atoms with E-state index in [1.54, 1.807) is 6.20 Å². The molecule has 5 nitrogen and oxygen atoms in total. The number of ether oxygens (including phenoxy) is 1. The lowest BCUT2D eigenvalue weighted by Gasteiger charge is -2.20. The third-order valence-corrected chi connectivity index (χ3v) is 4.16. The fourth-order valence-electron chi connectivity index (χ4n) is 3.00. The molecule has 3 heterocycles. The number of amides is 1. The zero-order chi connectivity index (χ0) is 14.9. The summed E-state index contributed by atoms with van der Waals surface area (Å²) in [5.41, 5.74) is 3.65. The molecule has 112 valence electrons. The molecule has 0 atom stereocenters. The summed E-state index contributed by atoms with van der Waals surface area (Å²) in [6.45, 7) is 1.92. The molecule has 0 radical (unpaired) electrons. The summed E-state index contributed by atoms with van der Waals surface area (Å²) in [7, 11) is 0. The summed E-state index contributed by atoms with van der Waals surface area (Å²) in [5, 5.41) is 6.17. The largest absolute Gasteiger partial charge is 0.457 e. The fourth-order valence-corrected chi connectivity index (χ4v) is 3.00. The number of nitrogens with zero attached hydrogens (tertiary/aromatic N) is 1. The second kappa shape index (κ2) is 5.42. The van der Waals surface area contributed by atoms with Gasteiger partial charge in [-0.25, -0.2) is 4.98 Å². The molecule has 0 unspecified atom stereocenters. The van der Waals surface area contributed by atoms with Crippen LogP contribution in [0.2, 0.25) is 0 Å². The van der Waals surface area contributed by atoms with Gasteiger partial charge in [0.05, 0.1) is 0 Å². The number of hydrogen-bond acceptors (Lipinski definition) is 4. The highest BCUT2D eigenvalue weighted by Gasteiger charge is 2.20. The average molecular weight is 295 g/mol. The number of aromatic nitrogens is 1. The monoisotopic (exact) mass is 295 g/mol. The summed E-state index contributed by atoms with van der Waals surface area (Å²) in [5.74, 6) is 2.23. The van der Waals surface area contributed by atoms with E-state index in [9.17, 15) is 4.79 Å². The first kappa shape index (κ1) is 13.3. The number of carbonyl (C=O) groups is 1. The van der Waals surface area contributed by atoms with Crippen molar-refractivity contribution in [2.24, 2.45) is 0 Å². The molecule has 1 aromatic heterocycles. The van der Waals surface area contributed by atoms with Crippen LogP contribution in [0.15, 0.2) is 30.5 Å². The Morgan fingerprint density at radius 2 is 2.05 bits per heavy atom. The van der Waals surface area contributed by atoms with Crippen molar-refractivity contribution in [3.8, 4) is 11.5 Å². The number of rotatable bonds is 2. The molecule has 0 aliphatic carbocycles. The SMILES string of the molecule is O=C1CCc2c(Oc3ccc4c(c3)CNCC4)ccnc2N1. The standard InChI is InChI=1S/C17H17N3O2/c21-16-4-3-14-15(6-8-19-17(14)20-16)22-13-2-1-11-5-7-18-10-12(11)9-13/h1-2,6,8-9,18H,3-5,7,10H2,(H,19,20,21). The van der Waals surface area contributed by atoms with Gasteiger partial charge in [0.2, 0.25) is 5.91 Å². The Hall–Kier alpha value is -2.40. The molecule has 2 aliphatic rings. The average Bonchev–Trinajstić information content (AvgIpc) is 2.55. The van der Waals surface area contributed by atoms with Crippen LogP contribution in [-0.2, 0) is 24.2 Å². The van der Waals surface area contributed by atoms with Crippen molar-refractivity contribution in [3.05, 3.63) is 47.2 Å². The summed E-state index contributed by atoms with van der Waals surface area (Å²) < 4.78 is 6.06. The maximum Gasteiger partial charge on any atom is 0.225 e. The van der Waals surface area contributed by atoms with E-state index < -0.39 is 0 Å². The van der Waals surface area contributed by atoms with Crippen LogP contribution in [0.3, 0.4) is 0 Å². The normalized spacial score (nSPS) is 16.5. The van der Waals surface area contributed by atoms with Crippen LogP contribution in [0, 0.1) is 0 Å². The van der Waals surface area contributed by atoms with E-state index in [1.807, 2.05) is 12.1 Å². The molecular formula is C17H17N3O2. The van der Waals surface area contributed by atoms with Gasteiger partial charge in [-0.3, -0.25) is 4.79 Å². The van der Waals surface area contributed by atoms with Crippen molar-refractivity contribution in [2.75, 3.05) is 11.9 Å². The number of nitrogens with one attached hydrogen (secondary N) is 2. The third kappa shape index (κ3) is 2.44. The van der Waals surface area contributed by atoms with E-state index in [0.29, 0.717) is 18.7 Å². The van der Waals surface area contributed by atoms with Crippen LogP contribution in [0.1, 0.15) is 23.1 Å². The summed E-state index contributed by atoms with van der Waals surface area (Å²) in [4.78, 5) is 15.7. The van der Waals surface area contributed by atoms with Gasteiger partial charge < -0.3 is 15.4 Å². The minimum atomic E-state index is 0.0111. The number of pyridine rings is 1. The summed E-state index contributed by atoms with van der Waals surface area (Å²) in [6, 6.07) is 8.10. The second-order valence-electron chi connectivity index (χ2n) is 5.64. The van der Waals surface area contributed by atoms with Gasteiger partial charge in [0.25, 0.3) is 0 Å². The van der Waals surface area contributed by atoms with Crippen LogP contribution < -0.4 is 15.4 Å². The van der Waals surface area contributed by atoms with E-state index in [2.05, 4.69) is 27.8 Å². The van der Waals surface area contributed by atoms with Gasteiger partial charge in [0.15, 0.2) is 0 Å². The fraction of sp³-hybridized carbons (Fsp3) is 0.294. The highest BCUT2D eigenvalue weighted by molar-refractivity contribution is 5.93. The van der Waals surface area contributed by atoms with Gasteiger partial charge in [-0.2, -0.15) is 0 Å². The van der Waals surface area contributed by atoms with Crippen molar-refractivity contribution in [1.82, 2.24) is 10.3 Å². The highest BCUT2D eigenvalue weighted by Crippen LogP contribution is 2.33. The summed E-state index contributed by atoms with van der Waals surface area (Å²) in [6.07, 6.45) is 3.87. The minimum absolute atomic E-state index is 0.0111. The molecular weight excluding hydrogens is 278 g/mol. The third-order valence-electron chi connectivity index (χ3n) is 4.16. The quantitative estimate of drug-likeness (QED) is 0.893. The van der Waals surface area contributed by atoms with Crippen LogP contribution in [-0.4, -0.2) is 17.4 Å². The van der Waals surface area contributed by atoms with E-state index >= 15 is 0 Å². The van der Waals surface area contributed by atoms with Crippen molar-refractivity contribution in [2.45, 2.75) is 25.8 Å². The lowest BCUT2D eigenvalue weighted by Crippen LogP contribution is -2.23. The van der Waals surface area contributed by atoms with Crippen LogP contribution in [0.5, 0.6) is 11.5 Å². The van der Waals surface area contributed by atoms with E-state index in [0.717, 1.165) is 36.6 Å². The molecule has 2 aromatic rings. The predicted octanol–water partition coefficient (Wildman–Crippen LogP) is 2.40. The highest BCUT2D eigenvalue weighted by atomic mass is 16.5. The molecule has 2 aliphatic heterocycles. The van der Waals surface area contributed by atoms with Crippen LogP contribution in [0.4, 0.5) is 5.82 Å². The minimum Gasteiger partial charge on any atom is -0.457 e. The Bertz CT molecular complexity index is 743. The van der Waals surface area contributed by atoms with E-state index in [1.165, 1.54) is 11.1 Å². The van der Waals surface area contributed by atoms with Crippen molar-refractivity contribution >= 4 is 11.7 Å². The maximum atomic E-state index is 11.5. The van der Waals surface area contributed by atoms with Gasteiger partial charge in [0.1, 0.15) is 17.3 Å². The Balaban J connectivity index is 1.64. The first-order valence-electron chi connectivity index (χ1n) is 7.58. The molecule has 2 N–H and O–H groups in total. The Kier molecular flexibility index (Phi) is 3.27. The Morgan fingerprint density at radius 1 is 1.09 bits per heavy atom. The van der Waals surface area contributed by atoms with Crippen molar-refractivity contribution < 1.29 is 9.53 Å². The molecule has 22 heavy (non-hydrogen) atoms. The molecule has 0 fully saturated rings. The first-order chi connectivity index (χ1) is 10.8. The van der Waals surface area contributed by atoms with Crippen molar-refractivity contribution in [1.29, 1.82) is 0 Å². The number of anilines is 1. The first-order valence-corrected chi connectivity index (χ1v) is 7.58. The lowest BCUT2D eigenvalue weighted by molar-refractivity contribution is -0.116. The zero-order valence-electron chi connectivity index (χ0n) is 12.2. The number of fused-ring (bicyclic) bond motifs is 2. The summed E-state index contributed by atoms with van der Waals surface area (Å²) >= 11 is 0. The number of carbonyl (C=O) groups excluding carboxylic acids is 1. The van der Waals surface area contributed by atoms with Gasteiger partial charge in [-0.15, -0.1) is 0 Å². The molecule has 1 aromatic carbocycles. The smallest absolute Gasteiger partial charge is 0.225 e. The molecule has 5 heteroatoms. The Morgan fingerprint density at radius 3 is 3.00 bits per heavy atom. The van der Waals surface area contributed by atoms with E-state index in [4.69, 9.17) is 4.74 Å². The van der Waals surface area contributed by atoms with Crippen LogP contribution in [0.25, 0.3) is 0 Å². The van der Waals surface area contributed by atoms with Gasteiger partial charge in [-0.1, -0.05) is 6.07 Å². The topological polar surface area (TPSA) is 63.2 Å². The molecule has 0 bridgehead atoms. The number of hydrogen-bond donors (Lipinski definition) is 2. The number of benzene rings is 1. The predicted molar refractivity (Wildman–Crippen MR) is 83.1 cm³/mol. The molecule has 1 amide bonds. The van der Waals surface area contributed by atoms with Gasteiger partial charge >= 0.3 is 0 Å². The second-order valence-corrected chi connectivity index (χ2v) is 5.64. The van der Waals surface area contributed by atoms with Gasteiger partial charge in [-0.05, 0) is 48.7 Å². The molecule has 4 rings (SSSR count). The van der Waals surface area contributed by atoms with E-state index in [-0.39, 0.29) is 5.91 Å². The molecule has 0 saturated carbocycles. The van der Waals surface area contributed by atoms with Gasteiger partial charge in [0, 0.05) is 24.7 Å². The zero-order valence-corrected chi connectivity index (χ0v) is 12.2. The lowest BCUT2D eigenvalue weighted by atomic mass is 10.0. The maximum absolute atomic E-state index is 11.5. The Labute approximate surface area is 128 Å².